The zero-order valence-electron chi connectivity index (χ0n) is 14.6. The number of fused-ring (bicyclic) bond motifs is 1. The molecular weight excluding hydrogens is 306 g/mol. The van der Waals surface area contributed by atoms with Crippen molar-refractivity contribution in [3.05, 3.63) is 23.2 Å². The minimum absolute atomic E-state index is 0.115. The number of nitrogens with zero attached hydrogens (tertiary/aromatic N) is 1. The molecule has 3 atom stereocenters. The number of carbonyl (C=O) groups is 2. The fourth-order valence-corrected chi connectivity index (χ4v) is 4.55. The highest BCUT2D eigenvalue weighted by Crippen LogP contribution is 2.43. The molecule has 24 heavy (non-hydrogen) atoms. The topological polar surface area (TPSA) is 70.8 Å². The third kappa shape index (κ3) is 3.50. The van der Waals surface area contributed by atoms with Gasteiger partial charge in [-0.05, 0) is 44.1 Å². The van der Waals surface area contributed by atoms with Gasteiger partial charge in [0.25, 0.3) is 0 Å². The number of carbonyl (C=O) groups excluding carboxylic acids is 1. The van der Waals surface area contributed by atoms with Gasteiger partial charge in [-0.3, -0.25) is 4.79 Å². The lowest BCUT2D eigenvalue weighted by atomic mass is 9.67. The summed E-state index contributed by atoms with van der Waals surface area (Å²) in [7, 11) is 1.79. The Morgan fingerprint density at radius 2 is 1.92 bits per heavy atom. The van der Waals surface area contributed by atoms with Gasteiger partial charge < -0.3 is 14.4 Å². The largest absolute Gasteiger partial charge is 0.478 e. The normalized spacial score (nSPS) is 26.7. The minimum Gasteiger partial charge on any atom is -0.478 e. The number of aryl methyl sites for hydroxylation is 1. The van der Waals surface area contributed by atoms with Gasteiger partial charge in [-0.25, -0.2) is 4.79 Å². The molecule has 0 aromatic carbocycles. The monoisotopic (exact) mass is 333 g/mol. The predicted molar refractivity (Wildman–Crippen MR) is 89.7 cm³/mol. The van der Waals surface area contributed by atoms with Crippen LogP contribution in [0.2, 0.25) is 0 Å². The number of hydrogen-bond donors (Lipinski definition) is 1. The summed E-state index contributed by atoms with van der Waals surface area (Å²) < 4.78 is 5.50. The zero-order chi connectivity index (χ0) is 17.3. The van der Waals surface area contributed by atoms with Crippen molar-refractivity contribution >= 4 is 11.9 Å². The molecule has 3 unspecified atom stereocenters. The molecule has 3 rings (SSSR count). The van der Waals surface area contributed by atoms with Crippen molar-refractivity contribution in [2.75, 3.05) is 7.05 Å². The van der Waals surface area contributed by atoms with Crippen molar-refractivity contribution < 1.29 is 19.1 Å². The Morgan fingerprint density at radius 3 is 2.58 bits per heavy atom. The van der Waals surface area contributed by atoms with Crippen LogP contribution in [0.25, 0.3) is 0 Å². The molecule has 0 saturated heterocycles. The summed E-state index contributed by atoms with van der Waals surface area (Å²) in [5, 5.41) is 9.10. The third-order valence-corrected chi connectivity index (χ3v) is 5.86. The molecule has 5 heteroatoms. The minimum atomic E-state index is -0.993. The van der Waals surface area contributed by atoms with Crippen LogP contribution in [0.15, 0.2) is 10.5 Å². The van der Waals surface area contributed by atoms with Crippen molar-refractivity contribution in [2.24, 2.45) is 17.8 Å². The van der Waals surface area contributed by atoms with Crippen molar-refractivity contribution in [2.45, 2.75) is 58.4 Å². The van der Waals surface area contributed by atoms with E-state index in [1.165, 1.54) is 38.2 Å². The molecule has 0 aliphatic heterocycles. The first-order valence-corrected chi connectivity index (χ1v) is 9.03. The van der Waals surface area contributed by atoms with Crippen LogP contribution in [0.5, 0.6) is 0 Å². The van der Waals surface area contributed by atoms with E-state index in [9.17, 15) is 9.59 Å². The molecule has 1 amide bonds. The van der Waals surface area contributed by atoms with E-state index < -0.39 is 5.97 Å². The summed E-state index contributed by atoms with van der Waals surface area (Å²) in [5.74, 6) is 1.77. The van der Waals surface area contributed by atoms with Crippen molar-refractivity contribution in [3.63, 3.8) is 0 Å². The average Bonchev–Trinajstić information content (AvgIpc) is 2.94. The Bertz CT molecular complexity index is 621. The van der Waals surface area contributed by atoms with E-state index in [2.05, 4.69) is 0 Å². The smallest absolute Gasteiger partial charge is 0.339 e. The van der Waals surface area contributed by atoms with Crippen LogP contribution in [0, 0.1) is 24.7 Å². The molecule has 0 bridgehead atoms. The van der Waals surface area contributed by atoms with E-state index in [1.54, 1.807) is 18.9 Å². The SMILES string of the molecule is Cc1oc(CN(C)C(=O)C2CCC3CCCCC3C2)cc1C(=O)O. The van der Waals surface area contributed by atoms with E-state index in [0.29, 0.717) is 18.1 Å². The molecule has 1 N–H and O–H groups in total. The summed E-state index contributed by atoms with van der Waals surface area (Å²) in [6, 6.07) is 1.53. The van der Waals surface area contributed by atoms with Gasteiger partial charge in [-0.2, -0.15) is 0 Å². The third-order valence-electron chi connectivity index (χ3n) is 5.86. The van der Waals surface area contributed by atoms with Crippen LogP contribution in [-0.2, 0) is 11.3 Å². The first-order valence-electron chi connectivity index (χ1n) is 9.03. The molecule has 2 fully saturated rings. The number of aromatic carboxylic acids is 1. The maximum absolute atomic E-state index is 12.8. The maximum Gasteiger partial charge on any atom is 0.339 e. The van der Waals surface area contributed by atoms with Gasteiger partial charge in [0.1, 0.15) is 17.1 Å². The van der Waals surface area contributed by atoms with E-state index in [1.807, 2.05) is 0 Å². The number of hydrogen-bond acceptors (Lipinski definition) is 3. The van der Waals surface area contributed by atoms with Gasteiger partial charge in [-0.15, -0.1) is 0 Å². The molecule has 0 spiro atoms. The summed E-state index contributed by atoms with van der Waals surface area (Å²) in [6.07, 6.45) is 8.46. The first kappa shape index (κ1) is 17.1. The lowest BCUT2D eigenvalue weighted by Crippen LogP contribution is -2.38. The Balaban J connectivity index is 1.60. The predicted octanol–water partition coefficient (Wildman–Crippen LogP) is 3.85. The summed E-state index contributed by atoms with van der Waals surface area (Å²) in [5.41, 5.74) is 0.175. The average molecular weight is 333 g/mol. The van der Waals surface area contributed by atoms with Gasteiger partial charge in [0.15, 0.2) is 0 Å². The van der Waals surface area contributed by atoms with Gasteiger partial charge >= 0.3 is 5.97 Å². The van der Waals surface area contributed by atoms with E-state index >= 15 is 0 Å². The number of furan rings is 1. The summed E-state index contributed by atoms with van der Waals surface area (Å²) >= 11 is 0. The second-order valence-electron chi connectivity index (χ2n) is 7.50. The van der Waals surface area contributed by atoms with Crippen molar-refractivity contribution in [3.8, 4) is 0 Å². The summed E-state index contributed by atoms with van der Waals surface area (Å²) in [6.45, 7) is 1.97. The first-order chi connectivity index (χ1) is 11.5. The Morgan fingerprint density at radius 1 is 1.21 bits per heavy atom. The Labute approximate surface area is 143 Å². The van der Waals surface area contributed by atoms with Crippen LogP contribution in [0.4, 0.5) is 0 Å². The van der Waals surface area contributed by atoms with Gasteiger partial charge in [0, 0.05) is 13.0 Å². The van der Waals surface area contributed by atoms with Crippen LogP contribution >= 0.6 is 0 Å². The molecule has 1 aromatic heterocycles. The molecule has 2 aliphatic rings. The molecule has 2 aliphatic carbocycles. The van der Waals surface area contributed by atoms with E-state index in [-0.39, 0.29) is 17.4 Å². The van der Waals surface area contributed by atoms with Crippen LogP contribution < -0.4 is 0 Å². The van der Waals surface area contributed by atoms with Crippen LogP contribution in [0.1, 0.15) is 66.8 Å². The lowest BCUT2D eigenvalue weighted by molar-refractivity contribution is -0.137. The second-order valence-corrected chi connectivity index (χ2v) is 7.50. The van der Waals surface area contributed by atoms with Gasteiger partial charge in [-0.1, -0.05) is 25.7 Å². The van der Waals surface area contributed by atoms with Gasteiger partial charge in [0.05, 0.1) is 6.54 Å². The van der Waals surface area contributed by atoms with Crippen molar-refractivity contribution in [1.29, 1.82) is 0 Å². The lowest BCUT2D eigenvalue weighted by Gasteiger charge is -2.39. The number of carboxylic acids is 1. The molecule has 2 saturated carbocycles. The summed E-state index contributed by atoms with van der Waals surface area (Å²) in [4.78, 5) is 25.6. The highest BCUT2D eigenvalue weighted by molar-refractivity contribution is 5.88. The fourth-order valence-electron chi connectivity index (χ4n) is 4.55. The highest BCUT2D eigenvalue weighted by Gasteiger charge is 2.36. The van der Waals surface area contributed by atoms with Crippen LogP contribution in [-0.4, -0.2) is 28.9 Å². The Hall–Kier alpha value is -1.78. The zero-order valence-corrected chi connectivity index (χ0v) is 14.6. The van der Waals surface area contributed by atoms with Crippen molar-refractivity contribution in [1.82, 2.24) is 4.90 Å². The molecule has 5 nitrogen and oxygen atoms in total. The van der Waals surface area contributed by atoms with Crippen LogP contribution in [0.3, 0.4) is 0 Å². The second kappa shape index (κ2) is 6.99. The number of rotatable bonds is 4. The highest BCUT2D eigenvalue weighted by atomic mass is 16.4. The molecule has 1 aromatic rings. The number of carboxylic acid groups (broad SMARTS) is 1. The quantitative estimate of drug-likeness (QED) is 0.908. The van der Waals surface area contributed by atoms with E-state index in [0.717, 1.165) is 24.7 Å². The standard InChI is InChI=1S/C19H27NO4/c1-12-17(19(22)23)10-16(24-12)11-20(2)18(21)15-8-7-13-5-3-4-6-14(13)9-15/h10,13-15H,3-9,11H2,1-2H3,(H,22,23). The van der Waals surface area contributed by atoms with Gasteiger partial charge in [0.2, 0.25) is 5.91 Å². The molecule has 1 heterocycles. The maximum atomic E-state index is 12.8. The molecule has 132 valence electrons. The van der Waals surface area contributed by atoms with E-state index in [4.69, 9.17) is 9.52 Å². The fraction of sp³-hybridized carbons (Fsp3) is 0.684. The Kier molecular flexibility index (Phi) is 4.97. The number of amides is 1. The molecular formula is C19H27NO4. The molecule has 0 radical (unpaired) electrons.